The van der Waals surface area contributed by atoms with E-state index in [2.05, 4.69) is 20.6 Å². The van der Waals surface area contributed by atoms with Crippen LogP contribution in [0.15, 0.2) is 12.4 Å². The Bertz CT molecular complexity index is 435. The summed E-state index contributed by atoms with van der Waals surface area (Å²) in [6.45, 7) is 3.97. The lowest BCUT2D eigenvalue weighted by molar-refractivity contribution is -0.123. The molecule has 128 valence electrons. The molecule has 1 unspecified atom stereocenters. The highest BCUT2D eigenvalue weighted by atomic mass is 35.5. The fourth-order valence-electron chi connectivity index (χ4n) is 2.66. The number of hydrogen-bond donors (Lipinski definition) is 2. The molecule has 2 heterocycles. The van der Waals surface area contributed by atoms with Crippen molar-refractivity contribution < 1.29 is 4.79 Å². The van der Waals surface area contributed by atoms with Crippen molar-refractivity contribution in [2.24, 2.45) is 7.05 Å². The van der Waals surface area contributed by atoms with Gasteiger partial charge in [-0.25, -0.2) is 0 Å². The molecule has 6 nitrogen and oxygen atoms in total. The second-order valence-electron chi connectivity index (χ2n) is 5.36. The van der Waals surface area contributed by atoms with Gasteiger partial charge in [0.15, 0.2) is 0 Å². The summed E-state index contributed by atoms with van der Waals surface area (Å²) in [6.07, 6.45) is 7.49. The minimum Gasteiger partial charge on any atom is -0.353 e. The van der Waals surface area contributed by atoms with Crippen LogP contribution in [0.5, 0.6) is 0 Å². The van der Waals surface area contributed by atoms with Crippen LogP contribution < -0.4 is 10.6 Å². The standard InChI is InChI=1S/C14H25N5O.2ClH/c1-15-13(12-10-17-18(2)11-12)14(20)16-6-9-19-7-4-3-5-8-19;;/h10-11,13,15H,3-9H2,1-2H3,(H,16,20);2*1H. The maximum absolute atomic E-state index is 12.2. The summed E-state index contributed by atoms with van der Waals surface area (Å²) in [5.41, 5.74) is 0.894. The summed E-state index contributed by atoms with van der Waals surface area (Å²) in [5.74, 6) is 0.0116. The average molecular weight is 352 g/mol. The zero-order chi connectivity index (χ0) is 14.4. The Labute approximate surface area is 144 Å². The minimum absolute atomic E-state index is 0. The number of carbonyl (C=O) groups is 1. The normalized spacial score (nSPS) is 16.3. The molecule has 1 fully saturated rings. The van der Waals surface area contributed by atoms with Crippen molar-refractivity contribution >= 4 is 30.7 Å². The number of likely N-dealkylation sites (N-methyl/N-ethyl adjacent to an activating group) is 1. The van der Waals surface area contributed by atoms with E-state index in [4.69, 9.17) is 0 Å². The topological polar surface area (TPSA) is 62.2 Å². The molecule has 1 atom stereocenters. The lowest BCUT2D eigenvalue weighted by Crippen LogP contribution is -2.41. The van der Waals surface area contributed by atoms with Gasteiger partial charge < -0.3 is 15.5 Å². The molecule has 2 N–H and O–H groups in total. The van der Waals surface area contributed by atoms with Crippen LogP contribution in [-0.2, 0) is 11.8 Å². The third-order valence-corrected chi connectivity index (χ3v) is 3.78. The van der Waals surface area contributed by atoms with Gasteiger partial charge in [-0.2, -0.15) is 5.10 Å². The fraction of sp³-hybridized carbons (Fsp3) is 0.714. The zero-order valence-electron chi connectivity index (χ0n) is 13.2. The first-order valence-electron chi connectivity index (χ1n) is 7.36. The third-order valence-electron chi connectivity index (χ3n) is 3.78. The first kappa shape index (κ1) is 21.2. The van der Waals surface area contributed by atoms with E-state index in [1.54, 1.807) is 17.9 Å². The van der Waals surface area contributed by atoms with E-state index in [1.807, 2.05) is 13.2 Å². The number of aryl methyl sites for hydroxylation is 1. The summed E-state index contributed by atoms with van der Waals surface area (Å²) in [7, 11) is 3.65. The molecule has 0 aliphatic carbocycles. The predicted octanol–water partition coefficient (Wildman–Crippen LogP) is 1.13. The number of halogens is 2. The molecule has 8 heteroatoms. The SMILES string of the molecule is CNC(C(=O)NCCN1CCCCC1)c1cnn(C)c1.Cl.Cl. The summed E-state index contributed by atoms with van der Waals surface area (Å²) in [6, 6.07) is -0.329. The van der Waals surface area contributed by atoms with Crippen LogP contribution in [0.1, 0.15) is 30.9 Å². The van der Waals surface area contributed by atoms with Gasteiger partial charge in [-0.1, -0.05) is 6.42 Å². The largest absolute Gasteiger partial charge is 0.353 e. The van der Waals surface area contributed by atoms with Gasteiger partial charge in [0.05, 0.1) is 6.20 Å². The number of rotatable bonds is 6. The molecule has 0 radical (unpaired) electrons. The number of piperidine rings is 1. The molecule has 1 aliphatic rings. The first-order chi connectivity index (χ1) is 9.70. The van der Waals surface area contributed by atoms with Crippen LogP contribution in [-0.4, -0.2) is 53.8 Å². The second-order valence-corrected chi connectivity index (χ2v) is 5.36. The Kier molecular flexibility index (Phi) is 10.4. The number of aromatic nitrogens is 2. The number of hydrogen-bond acceptors (Lipinski definition) is 4. The Morgan fingerprint density at radius 1 is 1.32 bits per heavy atom. The maximum atomic E-state index is 12.2. The quantitative estimate of drug-likeness (QED) is 0.806. The van der Waals surface area contributed by atoms with Gasteiger partial charge in [0.2, 0.25) is 5.91 Å². The molecule has 22 heavy (non-hydrogen) atoms. The van der Waals surface area contributed by atoms with E-state index in [1.165, 1.54) is 19.3 Å². The van der Waals surface area contributed by atoms with Crippen molar-refractivity contribution in [3.63, 3.8) is 0 Å². The van der Waals surface area contributed by atoms with Gasteiger partial charge in [-0.3, -0.25) is 9.48 Å². The summed E-state index contributed by atoms with van der Waals surface area (Å²) < 4.78 is 1.71. The van der Waals surface area contributed by atoms with Crippen LogP contribution in [0.3, 0.4) is 0 Å². The second kappa shape index (κ2) is 10.8. The maximum Gasteiger partial charge on any atom is 0.241 e. The van der Waals surface area contributed by atoms with E-state index in [0.717, 1.165) is 25.2 Å². The Balaban J connectivity index is 0.00000220. The van der Waals surface area contributed by atoms with Crippen LogP contribution in [0, 0.1) is 0 Å². The van der Waals surface area contributed by atoms with E-state index < -0.39 is 0 Å². The molecule has 1 saturated heterocycles. The molecule has 0 saturated carbocycles. The van der Waals surface area contributed by atoms with Crippen molar-refractivity contribution in [2.75, 3.05) is 33.2 Å². The lowest BCUT2D eigenvalue weighted by atomic mass is 10.1. The monoisotopic (exact) mass is 351 g/mol. The first-order valence-corrected chi connectivity index (χ1v) is 7.36. The van der Waals surface area contributed by atoms with Crippen molar-refractivity contribution in [1.29, 1.82) is 0 Å². The van der Waals surface area contributed by atoms with E-state index in [0.29, 0.717) is 6.54 Å². The molecular formula is C14H27Cl2N5O. The van der Waals surface area contributed by atoms with Crippen LogP contribution in [0.25, 0.3) is 0 Å². The minimum atomic E-state index is -0.329. The lowest BCUT2D eigenvalue weighted by Gasteiger charge is -2.26. The van der Waals surface area contributed by atoms with E-state index >= 15 is 0 Å². The van der Waals surface area contributed by atoms with Gasteiger partial charge in [0.25, 0.3) is 0 Å². The highest BCUT2D eigenvalue weighted by Crippen LogP contribution is 2.11. The van der Waals surface area contributed by atoms with Gasteiger partial charge in [-0.15, -0.1) is 24.8 Å². The van der Waals surface area contributed by atoms with Gasteiger partial charge >= 0.3 is 0 Å². The van der Waals surface area contributed by atoms with Crippen molar-refractivity contribution in [3.8, 4) is 0 Å². The number of nitrogens with one attached hydrogen (secondary N) is 2. The van der Waals surface area contributed by atoms with Crippen LogP contribution >= 0.6 is 24.8 Å². The van der Waals surface area contributed by atoms with Gasteiger partial charge in [0, 0.05) is 31.9 Å². The highest BCUT2D eigenvalue weighted by molar-refractivity contribution is 5.85. The molecule has 2 rings (SSSR count). The van der Waals surface area contributed by atoms with Crippen molar-refractivity contribution in [1.82, 2.24) is 25.3 Å². The molecule has 1 aromatic rings. The summed E-state index contributed by atoms with van der Waals surface area (Å²) >= 11 is 0. The Morgan fingerprint density at radius 2 is 2.00 bits per heavy atom. The summed E-state index contributed by atoms with van der Waals surface area (Å²) in [4.78, 5) is 14.6. The molecule has 0 bridgehead atoms. The fourth-order valence-corrected chi connectivity index (χ4v) is 2.66. The molecule has 1 aliphatic heterocycles. The van der Waals surface area contributed by atoms with Crippen molar-refractivity contribution in [2.45, 2.75) is 25.3 Å². The summed E-state index contributed by atoms with van der Waals surface area (Å²) in [5, 5.41) is 10.2. The van der Waals surface area contributed by atoms with Gasteiger partial charge in [0.1, 0.15) is 6.04 Å². The molecular weight excluding hydrogens is 325 g/mol. The number of amides is 1. The van der Waals surface area contributed by atoms with Crippen LogP contribution in [0.4, 0.5) is 0 Å². The van der Waals surface area contributed by atoms with Crippen LogP contribution in [0.2, 0.25) is 0 Å². The number of likely N-dealkylation sites (tertiary alicyclic amines) is 1. The van der Waals surface area contributed by atoms with E-state index in [9.17, 15) is 4.79 Å². The Hall–Kier alpha value is -0.820. The molecule has 0 spiro atoms. The Morgan fingerprint density at radius 3 is 2.55 bits per heavy atom. The average Bonchev–Trinajstić information content (AvgIpc) is 2.87. The smallest absolute Gasteiger partial charge is 0.241 e. The molecule has 0 aromatic carbocycles. The number of nitrogens with zero attached hydrogens (tertiary/aromatic N) is 3. The van der Waals surface area contributed by atoms with Crippen molar-refractivity contribution in [3.05, 3.63) is 18.0 Å². The molecule has 1 aromatic heterocycles. The zero-order valence-corrected chi connectivity index (χ0v) is 14.9. The highest BCUT2D eigenvalue weighted by Gasteiger charge is 2.20. The van der Waals surface area contributed by atoms with E-state index in [-0.39, 0.29) is 36.8 Å². The number of carbonyl (C=O) groups excluding carboxylic acids is 1. The molecule has 1 amide bonds. The van der Waals surface area contributed by atoms with Gasteiger partial charge in [-0.05, 0) is 33.0 Å². The predicted molar refractivity (Wildman–Crippen MR) is 92.8 cm³/mol. The third kappa shape index (κ3) is 6.12.